The van der Waals surface area contributed by atoms with Gasteiger partial charge in [0.25, 0.3) is 0 Å². The third-order valence-corrected chi connectivity index (χ3v) is 4.26. The Bertz CT molecular complexity index is 443. The first-order chi connectivity index (χ1) is 7.52. The topological polar surface area (TPSA) is 79.3 Å². The van der Waals surface area contributed by atoms with E-state index in [2.05, 4.69) is 31.9 Å². The molecule has 1 aromatic carbocycles. The highest BCUT2D eigenvalue weighted by Gasteiger charge is 2.18. The van der Waals surface area contributed by atoms with Gasteiger partial charge in [0, 0.05) is 10.5 Å². The molecule has 0 spiro atoms. The number of ether oxygens (including phenoxy) is 1. The summed E-state index contributed by atoms with van der Waals surface area (Å²) in [6.45, 7) is 0. The Balaban J connectivity index is 3.30. The minimum Gasteiger partial charge on any atom is -0.503 e. The maximum atomic E-state index is 9.71. The van der Waals surface area contributed by atoms with Crippen LogP contribution in [0.3, 0.4) is 0 Å². The van der Waals surface area contributed by atoms with Crippen LogP contribution < -0.4 is 10.5 Å². The van der Waals surface area contributed by atoms with Gasteiger partial charge in [0.2, 0.25) is 0 Å². The van der Waals surface area contributed by atoms with Crippen molar-refractivity contribution in [3.63, 3.8) is 0 Å². The summed E-state index contributed by atoms with van der Waals surface area (Å²) in [5.74, 6) is 0.320. The molecule has 1 aromatic rings. The summed E-state index contributed by atoms with van der Waals surface area (Å²) in [6.07, 6.45) is 0.193. The molecule has 0 radical (unpaired) electrons. The zero-order valence-corrected chi connectivity index (χ0v) is 11.7. The summed E-state index contributed by atoms with van der Waals surface area (Å²) in [4.78, 5) is 0. The van der Waals surface area contributed by atoms with E-state index in [1.54, 1.807) is 6.07 Å². The highest BCUT2D eigenvalue weighted by molar-refractivity contribution is 9.13. The minimum absolute atomic E-state index is 0.00211. The molecule has 0 aliphatic rings. The average molecular weight is 350 g/mol. The summed E-state index contributed by atoms with van der Waals surface area (Å²) >= 11 is 6.54. The summed E-state index contributed by atoms with van der Waals surface area (Å²) in [7, 11) is 1.45. The summed E-state index contributed by atoms with van der Waals surface area (Å²) in [5, 5.41) is 18.3. The van der Waals surface area contributed by atoms with E-state index in [0.29, 0.717) is 20.3 Å². The molecular formula is C10H10Br2N2O2. The van der Waals surface area contributed by atoms with Gasteiger partial charge in [-0.2, -0.15) is 5.26 Å². The number of benzene rings is 1. The van der Waals surface area contributed by atoms with Gasteiger partial charge in [0.1, 0.15) is 0 Å². The minimum atomic E-state index is -0.426. The molecule has 0 heterocycles. The van der Waals surface area contributed by atoms with Crippen molar-refractivity contribution in [1.29, 1.82) is 5.26 Å². The van der Waals surface area contributed by atoms with Gasteiger partial charge in [-0.15, -0.1) is 0 Å². The highest BCUT2D eigenvalue weighted by atomic mass is 79.9. The van der Waals surface area contributed by atoms with Crippen LogP contribution in [0.25, 0.3) is 0 Å². The van der Waals surface area contributed by atoms with Crippen molar-refractivity contribution in [2.75, 3.05) is 7.11 Å². The lowest BCUT2D eigenvalue weighted by atomic mass is 10.0. The molecule has 3 N–H and O–H groups in total. The number of nitrogens with two attached hydrogens (primary N) is 1. The quantitative estimate of drug-likeness (QED) is 0.879. The van der Waals surface area contributed by atoms with Crippen molar-refractivity contribution < 1.29 is 9.84 Å². The van der Waals surface area contributed by atoms with Crippen molar-refractivity contribution in [3.05, 3.63) is 20.6 Å². The molecule has 1 atom stereocenters. The Hall–Kier alpha value is -0.770. The van der Waals surface area contributed by atoms with Crippen LogP contribution in [0.2, 0.25) is 0 Å². The molecule has 0 saturated carbocycles. The number of aromatic hydroxyl groups is 1. The van der Waals surface area contributed by atoms with E-state index >= 15 is 0 Å². The normalized spacial score (nSPS) is 11.9. The van der Waals surface area contributed by atoms with E-state index in [9.17, 15) is 5.11 Å². The van der Waals surface area contributed by atoms with Crippen LogP contribution in [0.1, 0.15) is 18.0 Å². The molecule has 0 saturated heterocycles. The predicted molar refractivity (Wildman–Crippen MR) is 67.2 cm³/mol. The number of halogens is 2. The van der Waals surface area contributed by atoms with Gasteiger partial charge < -0.3 is 15.6 Å². The number of nitriles is 1. The van der Waals surface area contributed by atoms with Crippen LogP contribution >= 0.6 is 31.9 Å². The van der Waals surface area contributed by atoms with E-state index in [1.165, 1.54) is 7.11 Å². The first-order valence-corrected chi connectivity index (χ1v) is 5.98. The van der Waals surface area contributed by atoms with E-state index < -0.39 is 6.04 Å². The fraction of sp³-hybridized carbons (Fsp3) is 0.300. The maximum Gasteiger partial charge on any atom is 0.173 e. The lowest BCUT2D eigenvalue weighted by Crippen LogP contribution is -2.10. The van der Waals surface area contributed by atoms with E-state index in [-0.39, 0.29) is 12.2 Å². The summed E-state index contributed by atoms with van der Waals surface area (Å²) < 4.78 is 6.11. The number of nitrogens with zero attached hydrogens (tertiary/aromatic N) is 1. The highest BCUT2D eigenvalue weighted by Crippen LogP contribution is 2.43. The van der Waals surface area contributed by atoms with Crippen molar-refractivity contribution in [2.24, 2.45) is 5.73 Å². The number of hydrogen-bond donors (Lipinski definition) is 2. The molecular weight excluding hydrogens is 340 g/mol. The molecule has 86 valence electrons. The standard InChI is InChI=1S/C10H10Br2N2O2/c1-16-7-4-5(6(14)2-3-13)8(11)9(12)10(7)15/h4,6,15H,2,14H2,1H3/t6-/m1/s1. The second kappa shape index (κ2) is 5.53. The second-order valence-corrected chi connectivity index (χ2v) is 4.70. The molecule has 0 bridgehead atoms. The molecule has 0 aromatic heterocycles. The average Bonchev–Trinajstić information content (AvgIpc) is 2.27. The molecule has 0 unspecified atom stereocenters. The Kier molecular flexibility index (Phi) is 4.59. The SMILES string of the molecule is COc1cc([C@H](N)CC#N)c(Br)c(Br)c1O. The van der Waals surface area contributed by atoms with Crippen LogP contribution in [-0.4, -0.2) is 12.2 Å². The first-order valence-electron chi connectivity index (χ1n) is 4.40. The van der Waals surface area contributed by atoms with Crippen LogP contribution in [0.4, 0.5) is 0 Å². The smallest absolute Gasteiger partial charge is 0.173 e. The van der Waals surface area contributed by atoms with Crippen molar-refractivity contribution in [1.82, 2.24) is 0 Å². The predicted octanol–water partition coefficient (Wildman–Crippen LogP) is 2.84. The number of phenols is 1. The molecule has 4 nitrogen and oxygen atoms in total. The molecule has 0 fully saturated rings. The van der Waals surface area contributed by atoms with Crippen LogP contribution in [-0.2, 0) is 0 Å². The van der Waals surface area contributed by atoms with Crippen LogP contribution in [0.15, 0.2) is 15.0 Å². The third-order valence-electron chi connectivity index (χ3n) is 2.10. The van der Waals surface area contributed by atoms with E-state index in [4.69, 9.17) is 15.7 Å². The maximum absolute atomic E-state index is 9.71. The van der Waals surface area contributed by atoms with Crippen LogP contribution in [0.5, 0.6) is 11.5 Å². The van der Waals surface area contributed by atoms with Crippen molar-refractivity contribution >= 4 is 31.9 Å². The fourth-order valence-electron chi connectivity index (χ4n) is 1.25. The fourth-order valence-corrected chi connectivity index (χ4v) is 2.27. The van der Waals surface area contributed by atoms with Gasteiger partial charge in [-0.1, -0.05) is 0 Å². The zero-order valence-electron chi connectivity index (χ0n) is 8.50. The number of phenolic OH excluding ortho intramolecular Hbond substituents is 1. The Morgan fingerprint density at radius 2 is 2.19 bits per heavy atom. The van der Waals surface area contributed by atoms with Crippen molar-refractivity contribution in [2.45, 2.75) is 12.5 Å². The lowest BCUT2D eigenvalue weighted by molar-refractivity contribution is 0.370. The molecule has 1 rings (SSSR count). The zero-order chi connectivity index (χ0) is 12.3. The summed E-state index contributed by atoms with van der Waals surface area (Å²) in [6, 6.07) is 3.19. The monoisotopic (exact) mass is 348 g/mol. The van der Waals surface area contributed by atoms with Gasteiger partial charge in [-0.25, -0.2) is 0 Å². The first kappa shape index (κ1) is 13.3. The molecule has 0 amide bonds. The van der Waals surface area contributed by atoms with Gasteiger partial charge in [0.15, 0.2) is 11.5 Å². The summed E-state index contributed by atoms with van der Waals surface area (Å²) in [5.41, 5.74) is 6.55. The van der Waals surface area contributed by atoms with Gasteiger partial charge in [0.05, 0.1) is 24.1 Å². The molecule has 6 heteroatoms. The largest absolute Gasteiger partial charge is 0.503 e. The van der Waals surface area contributed by atoms with Gasteiger partial charge >= 0.3 is 0 Å². The number of methoxy groups -OCH3 is 1. The third kappa shape index (κ3) is 2.48. The Labute approximate surface area is 110 Å². The molecule has 16 heavy (non-hydrogen) atoms. The Morgan fingerprint density at radius 1 is 1.56 bits per heavy atom. The van der Waals surface area contributed by atoms with Gasteiger partial charge in [-0.05, 0) is 43.5 Å². The number of rotatable bonds is 3. The Morgan fingerprint density at radius 3 is 2.69 bits per heavy atom. The molecule has 0 aliphatic carbocycles. The second-order valence-electron chi connectivity index (χ2n) is 3.11. The van der Waals surface area contributed by atoms with Gasteiger partial charge in [-0.3, -0.25) is 0 Å². The number of hydrogen-bond acceptors (Lipinski definition) is 4. The molecule has 0 aliphatic heterocycles. The van der Waals surface area contributed by atoms with Crippen LogP contribution in [0, 0.1) is 11.3 Å². The lowest BCUT2D eigenvalue weighted by Gasteiger charge is -2.15. The van der Waals surface area contributed by atoms with E-state index in [1.807, 2.05) is 6.07 Å². The van der Waals surface area contributed by atoms with E-state index in [0.717, 1.165) is 0 Å². The van der Waals surface area contributed by atoms with Crippen molar-refractivity contribution in [3.8, 4) is 17.6 Å².